The first-order valence-electron chi connectivity index (χ1n) is 10.1. The van der Waals surface area contributed by atoms with Gasteiger partial charge >= 0.3 is 5.97 Å². The molecule has 2 aromatic rings. The van der Waals surface area contributed by atoms with Crippen molar-refractivity contribution in [2.24, 2.45) is 5.92 Å². The van der Waals surface area contributed by atoms with E-state index in [4.69, 9.17) is 9.47 Å². The Labute approximate surface area is 186 Å². The van der Waals surface area contributed by atoms with Crippen molar-refractivity contribution in [2.75, 3.05) is 25.0 Å². The van der Waals surface area contributed by atoms with Crippen molar-refractivity contribution in [3.8, 4) is 5.75 Å². The summed E-state index contributed by atoms with van der Waals surface area (Å²) >= 11 is 1.17. The molecule has 168 valence electrons. The fourth-order valence-corrected chi connectivity index (χ4v) is 5.85. The Morgan fingerprint density at radius 1 is 1.19 bits per heavy atom. The van der Waals surface area contributed by atoms with E-state index < -0.39 is 33.9 Å². The van der Waals surface area contributed by atoms with Crippen LogP contribution in [0.25, 0.3) is 0 Å². The minimum absolute atomic E-state index is 0.243. The first-order chi connectivity index (χ1) is 14.8. The molecule has 1 aromatic carbocycles. The molecule has 0 radical (unpaired) electrons. The zero-order valence-corrected chi connectivity index (χ0v) is 19.1. The van der Waals surface area contributed by atoms with Gasteiger partial charge in [0, 0.05) is 18.8 Å². The fourth-order valence-electron chi connectivity index (χ4n) is 3.24. The lowest BCUT2D eigenvalue weighted by Gasteiger charge is -2.30. The molecule has 0 bridgehead atoms. The molecule has 1 unspecified atom stereocenters. The summed E-state index contributed by atoms with van der Waals surface area (Å²) in [7, 11) is -3.52. The van der Waals surface area contributed by atoms with E-state index in [1.807, 2.05) is 6.92 Å². The second-order valence-electron chi connectivity index (χ2n) is 7.14. The second kappa shape index (κ2) is 10.3. The number of hydrogen-bond acceptors (Lipinski definition) is 7. The van der Waals surface area contributed by atoms with Crippen molar-refractivity contribution >= 4 is 38.9 Å². The van der Waals surface area contributed by atoms with E-state index in [1.165, 1.54) is 22.6 Å². The molecule has 10 heteroatoms. The van der Waals surface area contributed by atoms with Crippen molar-refractivity contribution in [1.29, 1.82) is 0 Å². The van der Waals surface area contributed by atoms with Gasteiger partial charge in [-0.3, -0.25) is 9.59 Å². The van der Waals surface area contributed by atoms with E-state index in [0.29, 0.717) is 35.1 Å². The van der Waals surface area contributed by atoms with Crippen molar-refractivity contribution in [3.05, 3.63) is 41.8 Å². The number of rotatable bonds is 8. The van der Waals surface area contributed by atoms with Gasteiger partial charge in [-0.15, -0.1) is 11.3 Å². The van der Waals surface area contributed by atoms with E-state index in [9.17, 15) is 18.0 Å². The summed E-state index contributed by atoms with van der Waals surface area (Å²) in [5.74, 6) is -0.652. The molecule has 1 fully saturated rings. The Morgan fingerprint density at radius 2 is 1.87 bits per heavy atom. The summed E-state index contributed by atoms with van der Waals surface area (Å²) in [5, 5.41) is 4.42. The highest BCUT2D eigenvalue weighted by Gasteiger charge is 2.34. The van der Waals surface area contributed by atoms with Gasteiger partial charge in [0.25, 0.3) is 15.9 Å². The first kappa shape index (κ1) is 23.2. The summed E-state index contributed by atoms with van der Waals surface area (Å²) < 4.78 is 37.6. The number of sulfonamides is 1. The van der Waals surface area contributed by atoms with Crippen molar-refractivity contribution in [2.45, 2.75) is 37.0 Å². The molecular formula is C21H26N2O6S2. The Hall–Kier alpha value is -2.43. The molecule has 1 aromatic heterocycles. The van der Waals surface area contributed by atoms with Gasteiger partial charge in [0.05, 0.1) is 12.5 Å². The number of ether oxygens (including phenoxy) is 2. The van der Waals surface area contributed by atoms with Crippen LogP contribution in [0.3, 0.4) is 0 Å². The third-order valence-corrected chi connectivity index (χ3v) is 8.24. The van der Waals surface area contributed by atoms with Gasteiger partial charge in [-0.2, -0.15) is 4.31 Å². The molecule has 0 aliphatic carbocycles. The Kier molecular flexibility index (Phi) is 7.69. The second-order valence-corrected chi connectivity index (χ2v) is 10.2. The molecule has 1 aliphatic heterocycles. The number of anilines is 1. The first-order valence-corrected chi connectivity index (χ1v) is 12.4. The van der Waals surface area contributed by atoms with Gasteiger partial charge in [0.2, 0.25) is 0 Å². The molecule has 8 nitrogen and oxygen atoms in total. The van der Waals surface area contributed by atoms with Crippen LogP contribution in [0.5, 0.6) is 5.75 Å². The highest BCUT2D eigenvalue weighted by Crippen LogP contribution is 2.27. The van der Waals surface area contributed by atoms with Crippen LogP contribution in [0.15, 0.2) is 46.0 Å². The molecule has 3 rings (SSSR count). The third-order valence-electron chi connectivity index (χ3n) is 4.97. The predicted octanol–water partition coefficient (Wildman–Crippen LogP) is 3.12. The van der Waals surface area contributed by atoms with Crippen LogP contribution >= 0.6 is 11.3 Å². The molecule has 0 saturated carbocycles. The van der Waals surface area contributed by atoms with Crippen LogP contribution in [0, 0.1) is 5.92 Å². The van der Waals surface area contributed by atoms with E-state index in [2.05, 4.69) is 5.32 Å². The van der Waals surface area contributed by atoms with Crippen molar-refractivity contribution in [3.63, 3.8) is 0 Å². The summed E-state index contributed by atoms with van der Waals surface area (Å²) in [6, 6.07) is 10.2. The molecule has 1 saturated heterocycles. The average Bonchev–Trinajstić information content (AvgIpc) is 3.31. The lowest BCUT2D eigenvalue weighted by Crippen LogP contribution is -2.41. The van der Waals surface area contributed by atoms with Gasteiger partial charge < -0.3 is 14.8 Å². The number of nitrogens with one attached hydrogen (secondary N) is 1. The van der Waals surface area contributed by atoms with Crippen molar-refractivity contribution < 1.29 is 27.5 Å². The van der Waals surface area contributed by atoms with E-state index in [-0.39, 0.29) is 13.1 Å². The van der Waals surface area contributed by atoms with E-state index >= 15 is 0 Å². The van der Waals surface area contributed by atoms with Gasteiger partial charge in [0.15, 0.2) is 6.10 Å². The topological polar surface area (TPSA) is 102 Å². The number of nitrogens with zero attached hydrogens (tertiary/aromatic N) is 1. The monoisotopic (exact) mass is 466 g/mol. The summed E-state index contributed by atoms with van der Waals surface area (Å²) in [4.78, 5) is 24.8. The maximum atomic E-state index is 12.6. The molecule has 0 spiro atoms. The van der Waals surface area contributed by atoms with Gasteiger partial charge in [0.1, 0.15) is 9.96 Å². The Balaban J connectivity index is 1.48. The van der Waals surface area contributed by atoms with Crippen LogP contribution in [0.2, 0.25) is 0 Å². The zero-order chi connectivity index (χ0) is 22.4. The summed E-state index contributed by atoms with van der Waals surface area (Å²) in [6.07, 6.45) is -0.250. The Morgan fingerprint density at radius 3 is 2.45 bits per heavy atom. The number of amides is 1. The number of esters is 1. The number of benzene rings is 1. The van der Waals surface area contributed by atoms with E-state index in [1.54, 1.807) is 41.8 Å². The Bertz CT molecular complexity index is 981. The molecule has 1 N–H and O–H groups in total. The number of piperidine rings is 1. The van der Waals surface area contributed by atoms with Crippen LogP contribution < -0.4 is 10.1 Å². The van der Waals surface area contributed by atoms with Gasteiger partial charge in [-0.25, -0.2) is 8.42 Å². The molecule has 1 amide bonds. The molecular weight excluding hydrogens is 440 g/mol. The number of carbonyl (C=O) groups is 2. The molecule has 1 aliphatic rings. The lowest BCUT2D eigenvalue weighted by atomic mass is 9.98. The zero-order valence-electron chi connectivity index (χ0n) is 17.4. The minimum atomic E-state index is -3.52. The largest absolute Gasteiger partial charge is 0.494 e. The van der Waals surface area contributed by atoms with E-state index in [0.717, 1.165) is 0 Å². The number of carbonyl (C=O) groups excluding carboxylic acids is 2. The highest BCUT2D eigenvalue weighted by atomic mass is 32.2. The number of thiophene rings is 1. The standard InChI is InChI=1S/C21H26N2O6S2/c1-3-28-18-8-6-17(7-9-18)22-20(24)15(2)29-21(25)16-10-12-23(13-11-16)31(26,27)19-5-4-14-30-19/h4-9,14-16H,3,10-13H2,1-2H3,(H,22,24). The summed E-state index contributed by atoms with van der Waals surface area (Å²) in [6.45, 7) is 4.44. The lowest BCUT2D eigenvalue weighted by molar-refractivity contribution is -0.158. The van der Waals surface area contributed by atoms with Gasteiger partial charge in [-0.1, -0.05) is 6.07 Å². The van der Waals surface area contributed by atoms with Gasteiger partial charge in [-0.05, 0) is 62.4 Å². The van der Waals surface area contributed by atoms with Crippen molar-refractivity contribution in [1.82, 2.24) is 4.31 Å². The SMILES string of the molecule is CCOc1ccc(NC(=O)C(C)OC(=O)C2CCN(S(=O)(=O)c3cccs3)CC2)cc1. The third kappa shape index (κ3) is 5.84. The average molecular weight is 467 g/mol. The summed E-state index contributed by atoms with van der Waals surface area (Å²) in [5.41, 5.74) is 0.573. The van der Waals surface area contributed by atoms with Crippen LogP contribution in [0.4, 0.5) is 5.69 Å². The normalized spacial score (nSPS) is 16.5. The maximum absolute atomic E-state index is 12.6. The minimum Gasteiger partial charge on any atom is -0.494 e. The molecule has 31 heavy (non-hydrogen) atoms. The van der Waals surface area contributed by atoms with Crippen LogP contribution in [0.1, 0.15) is 26.7 Å². The fraction of sp³-hybridized carbons (Fsp3) is 0.429. The highest BCUT2D eigenvalue weighted by molar-refractivity contribution is 7.91. The predicted molar refractivity (Wildman–Crippen MR) is 118 cm³/mol. The molecule has 1 atom stereocenters. The van der Waals surface area contributed by atoms with Crippen LogP contribution in [-0.4, -0.2) is 50.4 Å². The maximum Gasteiger partial charge on any atom is 0.309 e. The smallest absolute Gasteiger partial charge is 0.309 e. The quantitative estimate of drug-likeness (QED) is 0.600. The molecule has 2 heterocycles. The van der Waals surface area contributed by atoms with Crippen LogP contribution in [-0.2, 0) is 24.3 Å². The number of hydrogen-bond donors (Lipinski definition) is 1.